The number of thiocarbonyl (C=S) groups is 1. The lowest BCUT2D eigenvalue weighted by Gasteiger charge is -2.04. The zero-order chi connectivity index (χ0) is 9.14. The summed E-state index contributed by atoms with van der Waals surface area (Å²) in [4.78, 5) is 0. The first-order valence-electron chi connectivity index (χ1n) is 3.21. The second-order valence-corrected chi connectivity index (χ2v) is 3.52. The number of nitrogens with one attached hydrogen (secondary N) is 1. The van der Waals surface area contributed by atoms with Gasteiger partial charge in [-0.3, -0.25) is 0 Å². The van der Waals surface area contributed by atoms with Crippen molar-refractivity contribution in [1.82, 2.24) is 0 Å². The third-order valence-corrected chi connectivity index (χ3v) is 2.06. The Morgan fingerprint density at radius 3 is 2.67 bits per heavy atom. The Bertz CT molecular complexity index is 314. The molecular formula is C7H8BrN3S. The van der Waals surface area contributed by atoms with Crippen molar-refractivity contribution >= 4 is 44.6 Å². The van der Waals surface area contributed by atoms with E-state index in [0.29, 0.717) is 5.69 Å². The van der Waals surface area contributed by atoms with Crippen molar-refractivity contribution in [2.24, 2.45) is 5.73 Å². The fourth-order valence-electron chi connectivity index (χ4n) is 0.747. The van der Waals surface area contributed by atoms with Crippen molar-refractivity contribution in [2.75, 3.05) is 11.1 Å². The summed E-state index contributed by atoms with van der Waals surface area (Å²) in [6.45, 7) is 0. The van der Waals surface area contributed by atoms with Crippen LogP contribution in [-0.4, -0.2) is 5.11 Å². The van der Waals surface area contributed by atoms with E-state index >= 15 is 0 Å². The fraction of sp³-hybridized carbons (Fsp3) is 0. The van der Waals surface area contributed by atoms with Crippen LogP contribution in [-0.2, 0) is 0 Å². The highest BCUT2D eigenvalue weighted by Crippen LogP contribution is 2.22. The molecule has 0 radical (unpaired) electrons. The molecule has 0 spiro atoms. The molecule has 0 atom stereocenters. The van der Waals surface area contributed by atoms with E-state index in [1.54, 1.807) is 12.1 Å². The van der Waals surface area contributed by atoms with Crippen LogP contribution in [0.25, 0.3) is 0 Å². The number of halogens is 1. The van der Waals surface area contributed by atoms with Gasteiger partial charge in [-0.2, -0.15) is 0 Å². The highest BCUT2D eigenvalue weighted by Gasteiger charge is 1.97. The maximum atomic E-state index is 5.58. The topological polar surface area (TPSA) is 64.1 Å². The lowest BCUT2D eigenvalue weighted by atomic mass is 10.3. The minimum Gasteiger partial charge on any atom is -0.398 e. The Morgan fingerprint density at radius 2 is 2.17 bits per heavy atom. The molecule has 1 rings (SSSR count). The van der Waals surface area contributed by atoms with Crippen molar-refractivity contribution in [3.8, 4) is 0 Å². The van der Waals surface area contributed by atoms with Crippen LogP contribution < -0.4 is 16.8 Å². The van der Waals surface area contributed by atoms with Gasteiger partial charge in [0.25, 0.3) is 0 Å². The number of rotatable bonds is 1. The van der Waals surface area contributed by atoms with Crippen LogP contribution in [0.3, 0.4) is 0 Å². The van der Waals surface area contributed by atoms with E-state index < -0.39 is 0 Å². The summed E-state index contributed by atoms with van der Waals surface area (Å²) in [5.74, 6) is 0. The van der Waals surface area contributed by atoms with E-state index in [2.05, 4.69) is 33.5 Å². The molecule has 0 heterocycles. The van der Waals surface area contributed by atoms with Crippen molar-refractivity contribution in [1.29, 1.82) is 0 Å². The third-order valence-electron chi connectivity index (χ3n) is 1.27. The van der Waals surface area contributed by atoms with Crippen molar-refractivity contribution in [3.63, 3.8) is 0 Å². The van der Waals surface area contributed by atoms with E-state index in [1.807, 2.05) is 6.07 Å². The van der Waals surface area contributed by atoms with E-state index in [1.165, 1.54) is 0 Å². The van der Waals surface area contributed by atoms with Gasteiger partial charge in [0.15, 0.2) is 5.11 Å². The molecular weight excluding hydrogens is 238 g/mol. The van der Waals surface area contributed by atoms with Crippen LogP contribution in [0.15, 0.2) is 22.7 Å². The van der Waals surface area contributed by atoms with Gasteiger partial charge in [0.05, 0.1) is 0 Å². The molecule has 64 valence electrons. The van der Waals surface area contributed by atoms with E-state index in [9.17, 15) is 0 Å². The third kappa shape index (κ3) is 2.35. The Kier molecular flexibility index (Phi) is 2.88. The summed E-state index contributed by atoms with van der Waals surface area (Å²) in [5, 5.41) is 3.04. The summed E-state index contributed by atoms with van der Waals surface area (Å²) in [5.41, 5.74) is 12.4. The average Bonchev–Trinajstić information content (AvgIpc) is 1.96. The fourth-order valence-corrected chi connectivity index (χ4v) is 1.24. The van der Waals surface area contributed by atoms with Gasteiger partial charge >= 0.3 is 0 Å². The summed E-state index contributed by atoms with van der Waals surface area (Å²) < 4.78 is 0.823. The standard InChI is InChI=1S/C7H8BrN3S/c8-5-3-4(11-7(10)12)1-2-6(5)9/h1-3H,9H2,(H3,10,11,12). The molecule has 5 N–H and O–H groups in total. The van der Waals surface area contributed by atoms with Gasteiger partial charge in [0.2, 0.25) is 0 Å². The van der Waals surface area contributed by atoms with E-state index in [4.69, 9.17) is 11.5 Å². The molecule has 0 saturated heterocycles. The minimum absolute atomic E-state index is 0.242. The maximum absolute atomic E-state index is 5.58. The van der Waals surface area contributed by atoms with Gasteiger partial charge in [-0.1, -0.05) is 0 Å². The Hall–Kier alpha value is -0.810. The predicted octanol–water partition coefficient (Wildman–Crippen LogP) is 1.69. The Balaban J connectivity index is 2.89. The molecule has 1 aromatic rings. The first-order valence-corrected chi connectivity index (χ1v) is 4.41. The van der Waals surface area contributed by atoms with E-state index in [-0.39, 0.29) is 5.11 Å². The van der Waals surface area contributed by atoms with Crippen LogP contribution in [0.5, 0.6) is 0 Å². The Labute approximate surface area is 84.3 Å². The van der Waals surface area contributed by atoms with Gasteiger partial charge in [-0.15, -0.1) is 0 Å². The van der Waals surface area contributed by atoms with Crippen LogP contribution in [0, 0.1) is 0 Å². The summed E-state index contributed by atoms with van der Waals surface area (Å²) in [7, 11) is 0. The zero-order valence-corrected chi connectivity index (χ0v) is 8.58. The smallest absolute Gasteiger partial charge is 0.168 e. The first-order chi connectivity index (χ1) is 5.59. The van der Waals surface area contributed by atoms with Crippen LogP contribution in [0.4, 0.5) is 11.4 Å². The molecule has 0 aromatic heterocycles. The van der Waals surface area contributed by atoms with Gasteiger partial charge in [-0.25, -0.2) is 0 Å². The molecule has 0 fully saturated rings. The van der Waals surface area contributed by atoms with Crippen LogP contribution >= 0.6 is 28.1 Å². The summed E-state index contributed by atoms with van der Waals surface area (Å²) in [6, 6.07) is 5.39. The zero-order valence-electron chi connectivity index (χ0n) is 6.17. The van der Waals surface area contributed by atoms with Crippen LogP contribution in [0.2, 0.25) is 0 Å². The maximum Gasteiger partial charge on any atom is 0.168 e. The highest BCUT2D eigenvalue weighted by molar-refractivity contribution is 9.10. The molecule has 0 saturated carbocycles. The molecule has 12 heavy (non-hydrogen) atoms. The molecule has 0 aliphatic heterocycles. The number of nitrogen functional groups attached to an aromatic ring is 1. The average molecular weight is 246 g/mol. The SMILES string of the molecule is NC(=S)Nc1ccc(N)c(Br)c1. The predicted molar refractivity (Wildman–Crippen MR) is 59.0 cm³/mol. The first kappa shape index (κ1) is 9.28. The number of anilines is 2. The number of hydrogen-bond acceptors (Lipinski definition) is 2. The monoisotopic (exact) mass is 245 g/mol. The number of nitrogens with two attached hydrogens (primary N) is 2. The van der Waals surface area contributed by atoms with Gasteiger partial charge in [-0.05, 0) is 46.3 Å². The molecule has 1 aromatic carbocycles. The highest BCUT2D eigenvalue weighted by atomic mass is 79.9. The van der Waals surface area contributed by atoms with Gasteiger partial charge in [0, 0.05) is 15.8 Å². The largest absolute Gasteiger partial charge is 0.398 e. The molecule has 0 amide bonds. The quantitative estimate of drug-likeness (QED) is 0.521. The van der Waals surface area contributed by atoms with Crippen LogP contribution in [0.1, 0.15) is 0 Å². The molecule has 3 nitrogen and oxygen atoms in total. The number of benzene rings is 1. The molecule has 0 bridgehead atoms. The minimum atomic E-state index is 0.242. The normalized spacial score (nSPS) is 9.42. The van der Waals surface area contributed by atoms with Crippen molar-refractivity contribution in [3.05, 3.63) is 22.7 Å². The second kappa shape index (κ2) is 3.73. The van der Waals surface area contributed by atoms with Crippen molar-refractivity contribution < 1.29 is 0 Å². The summed E-state index contributed by atoms with van der Waals surface area (Å²) >= 11 is 7.96. The lowest BCUT2D eigenvalue weighted by molar-refractivity contribution is 1.57. The number of hydrogen-bond donors (Lipinski definition) is 3. The molecule has 0 unspecified atom stereocenters. The molecule has 0 aliphatic rings. The van der Waals surface area contributed by atoms with Gasteiger partial charge < -0.3 is 16.8 Å². The lowest BCUT2D eigenvalue weighted by Crippen LogP contribution is -2.18. The molecule has 0 aliphatic carbocycles. The second-order valence-electron chi connectivity index (χ2n) is 2.23. The van der Waals surface area contributed by atoms with E-state index in [0.717, 1.165) is 10.2 Å². The van der Waals surface area contributed by atoms with Crippen molar-refractivity contribution in [2.45, 2.75) is 0 Å². The summed E-state index contributed by atoms with van der Waals surface area (Å²) in [6.07, 6.45) is 0. The van der Waals surface area contributed by atoms with Gasteiger partial charge in [0.1, 0.15) is 0 Å². The Morgan fingerprint density at radius 1 is 1.50 bits per heavy atom. The molecule has 5 heteroatoms.